The molecule has 0 aliphatic carbocycles. The van der Waals surface area contributed by atoms with E-state index in [1.165, 1.54) is 0 Å². The van der Waals surface area contributed by atoms with Gasteiger partial charge in [0.2, 0.25) is 5.91 Å². The smallest absolute Gasteiger partial charge is 0.247 e. The standard InChI is InChI=1S/C22H25N7O/c1-16-15-20(26-19-8-3-5-12-23-19)27-22(25-16)18-7-4-6-14-29(18)21(30)10-9-17-11-13-24-28(17)2/h3,5,8-13,15,18H,4,6-7,14H2,1-2H3,(H,23,25,26,27)/b10-9+/t18-/m0/s1. The van der Waals surface area contributed by atoms with Gasteiger partial charge in [0.05, 0.1) is 11.7 Å². The molecule has 0 bridgehead atoms. The number of hydrogen-bond acceptors (Lipinski definition) is 6. The molecular formula is C22H25N7O. The Hall–Kier alpha value is -3.55. The zero-order chi connectivity index (χ0) is 20.9. The van der Waals surface area contributed by atoms with Crippen molar-refractivity contribution < 1.29 is 4.79 Å². The van der Waals surface area contributed by atoms with Gasteiger partial charge < -0.3 is 10.2 Å². The molecule has 1 saturated heterocycles. The van der Waals surface area contributed by atoms with E-state index in [1.54, 1.807) is 29.2 Å². The summed E-state index contributed by atoms with van der Waals surface area (Å²) in [4.78, 5) is 28.5. The molecule has 0 saturated carbocycles. The number of nitrogens with one attached hydrogen (secondary N) is 1. The summed E-state index contributed by atoms with van der Waals surface area (Å²) in [5.74, 6) is 2.03. The second-order valence-electron chi connectivity index (χ2n) is 7.35. The number of carbonyl (C=O) groups excluding carboxylic acids is 1. The van der Waals surface area contributed by atoms with Crippen LogP contribution in [-0.4, -0.2) is 42.1 Å². The molecule has 1 fully saturated rings. The highest BCUT2D eigenvalue weighted by Gasteiger charge is 2.29. The fraction of sp³-hybridized carbons (Fsp3) is 0.318. The molecule has 1 N–H and O–H groups in total. The topological polar surface area (TPSA) is 88.8 Å². The Morgan fingerprint density at radius 2 is 2.07 bits per heavy atom. The molecule has 1 atom stereocenters. The molecule has 1 aliphatic heterocycles. The van der Waals surface area contributed by atoms with Gasteiger partial charge in [0, 0.05) is 43.8 Å². The van der Waals surface area contributed by atoms with Gasteiger partial charge in [-0.1, -0.05) is 6.07 Å². The number of carbonyl (C=O) groups is 1. The maximum atomic E-state index is 13.0. The number of rotatable bonds is 5. The predicted molar refractivity (Wildman–Crippen MR) is 115 cm³/mol. The first-order valence-corrected chi connectivity index (χ1v) is 10.1. The highest BCUT2D eigenvalue weighted by molar-refractivity contribution is 5.91. The van der Waals surface area contributed by atoms with Crippen LogP contribution in [0.4, 0.5) is 11.6 Å². The molecule has 0 unspecified atom stereocenters. The van der Waals surface area contributed by atoms with Crippen LogP contribution in [0, 0.1) is 6.92 Å². The zero-order valence-corrected chi connectivity index (χ0v) is 17.2. The van der Waals surface area contributed by atoms with Gasteiger partial charge in [0.1, 0.15) is 11.6 Å². The second kappa shape index (κ2) is 8.86. The third kappa shape index (κ3) is 4.53. The van der Waals surface area contributed by atoms with Gasteiger partial charge in [-0.15, -0.1) is 0 Å². The second-order valence-corrected chi connectivity index (χ2v) is 7.35. The van der Waals surface area contributed by atoms with Crippen LogP contribution in [0.5, 0.6) is 0 Å². The number of aromatic nitrogens is 5. The average molecular weight is 403 g/mol. The lowest BCUT2D eigenvalue weighted by Gasteiger charge is -2.34. The summed E-state index contributed by atoms with van der Waals surface area (Å²) >= 11 is 0. The largest absolute Gasteiger partial charge is 0.329 e. The quantitative estimate of drug-likeness (QED) is 0.657. The monoisotopic (exact) mass is 403 g/mol. The molecule has 4 heterocycles. The predicted octanol–water partition coefficient (Wildman–Crippen LogP) is 3.42. The van der Waals surface area contributed by atoms with Crippen LogP contribution >= 0.6 is 0 Å². The number of aryl methyl sites for hydroxylation is 2. The third-order valence-electron chi connectivity index (χ3n) is 5.13. The molecule has 3 aromatic rings. The minimum atomic E-state index is -0.147. The summed E-state index contributed by atoms with van der Waals surface area (Å²) in [6.45, 7) is 2.63. The van der Waals surface area contributed by atoms with E-state index in [9.17, 15) is 4.79 Å². The van der Waals surface area contributed by atoms with Crippen LogP contribution in [0.1, 0.15) is 42.5 Å². The van der Waals surface area contributed by atoms with Gasteiger partial charge in [-0.05, 0) is 50.5 Å². The summed E-state index contributed by atoms with van der Waals surface area (Å²) in [5, 5.41) is 7.36. The molecule has 0 radical (unpaired) electrons. The van der Waals surface area contributed by atoms with Crippen LogP contribution in [0.2, 0.25) is 0 Å². The first-order chi connectivity index (χ1) is 14.6. The Labute approximate surface area is 175 Å². The summed E-state index contributed by atoms with van der Waals surface area (Å²) in [6.07, 6.45) is 9.72. The molecule has 4 rings (SSSR count). The molecule has 8 nitrogen and oxygen atoms in total. The highest BCUT2D eigenvalue weighted by Crippen LogP contribution is 2.30. The van der Waals surface area contributed by atoms with Crippen molar-refractivity contribution in [3.8, 4) is 0 Å². The Kier molecular flexibility index (Phi) is 5.83. The maximum Gasteiger partial charge on any atom is 0.247 e. The maximum absolute atomic E-state index is 13.0. The number of likely N-dealkylation sites (tertiary alicyclic amines) is 1. The molecule has 1 aliphatic rings. The lowest BCUT2D eigenvalue weighted by Crippen LogP contribution is -2.38. The number of nitrogens with zero attached hydrogens (tertiary/aromatic N) is 6. The summed E-state index contributed by atoms with van der Waals surface area (Å²) in [7, 11) is 1.85. The van der Waals surface area contributed by atoms with E-state index in [0.717, 1.165) is 36.5 Å². The fourth-order valence-electron chi connectivity index (χ4n) is 3.64. The first kappa shape index (κ1) is 19.8. The molecule has 154 valence electrons. The van der Waals surface area contributed by atoms with E-state index in [2.05, 4.69) is 20.4 Å². The van der Waals surface area contributed by atoms with Gasteiger partial charge in [-0.2, -0.15) is 5.10 Å². The third-order valence-corrected chi connectivity index (χ3v) is 5.13. The van der Waals surface area contributed by atoms with Crippen molar-refractivity contribution in [2.75, 3.05) is 11.9 Å². The number of hydrogen-bond donors (Lipinski definition) is 1. The normalized spacial score (nSPS) is 16.7. The molecule has 30 heavy (non-hydrogen) atoms. The number of amides is 1. The van der Waals surface area contributed by atoms with Crippen LogP contribution < -0.4 is 5.32 Å². The van der Waals surface area contributed by atoms with Gasteiger partial charge in [0.25, 0.3) is 0 Å². The lowest BCUT2D eigenvalue weighted by atomic mass is 10.0. The molecule has 3 aromatic heterocycles. The lowest BCUT2D eigenvalue weighted by molar-refractivity contribution is -0.129. The molecule has 0 spiro atoms. The molecule has 0 aromatic carbocycles. The summed E-state index contributed by atoms with van der Waals surface area (Å²) in [5.41, 5.74) is 1.73. The van der Waals surface area contributed by atoms with Gasteiger partial charge >= 0.3 is 0 Å². The first-order valence-electron chi connectivity index (χ1n) is 10.1. The van der Waals surface area contributed by atoms with E-state index in [0.29, 0.717) is 18.2 Å². The summed E-state index contributed by atoms with van der Waals surface area (Å²) < 4.78 is 1.73. The van der Waals surface area contributed by atoms with Gasteiger partial charge in [0.15, 0.2) is 5.82 Å². The van der Waals surface area contributed by atoms with Gasteiger partial charge in [-0.3, -0.25) is 9.48 Å². The highest BCUT2D eigenvalue weighted by atomic mass is 16.2. The SMILES string of the molecule is Cc1cc(Nc2ccccn2)nc([C@@H]2CCCCN2C(=O)/C=C/c2ccnn2C)n1. The molecule has 8 heteroatoms. The zero-order valence-electron chi connectivity index (χ0n) is 17.2. The van der Waals surface area contributed by atoms with E-state index in [-0.39, 0.29) is 11.9 Å². The number of piperidine rings is 1. The minimum absolute atomic E-state index is 0.0368. The number of pyridine rings is 1. The average Bonchev–Trinajstić information content (AvgIpc) is 3.17. The van der Waals surface area contributed by atoms with Crippen molar-refractivity contribution in [1.29, 1.82) is 0 Å². The Morgan fingerprint density at radius 3 is 2.83 bits per heavy atom. The van der Waals surface area contributed by atoms with Crippen LogP contribution in [0.15, 0.2) is 48.8 Å². The van der Waals surface area contributed by atoms with Crippen LogP contribution in [0.3, 0.4) is 0 Å². The minimum Gasteiger partial charge on any atom is -0.329 e. The van der Waals surface area contributed by atoms with Crippen molar-refractivity contribution in [1.82, 2.24) is 29.6 Å². The van der Waals surface area contributed by atoms with Crippen LogP contribution in [0.25, 0.3) is 6.08 Å². The van der Waals surface area contributed by atoms with Crippen molar-refractivity contribution in [2.45, 2.75) is 32.2 Å². The molecule has 1 amide bonds. The van der Waals surface area contributed by atoms with Crippen LogP contribution in [-0.2, 0) is 11.8 Å². The Bertz CT molecular complexity index is 1040. The summed E-state index contributed by atoms with van der Waals surface area (Å²) in [6, 6.07) is 9.28. The van der Waals surface area contributed by atoms with Crippen molar-refractivity contribution in [3.63, 3.8) is 0 Å². The van der Waals surface area contributed by atoms with E-state index in [1.807, 2.05) is 49.2 Å². The Balaban J connectivity index is 1.57. The van der Waals surface area contributed by atoms with Crippen molar-refractivity contribution in [3.05, 3.63) is 66.0 Å². The van der Waals surface area contributed by atoms with E-state index >= 15 is 0 Å². The fourth-order valence-corrected chi connectivity index (χ4v) is 3.64. The number of anilines is 2. The Morgan fingerprint density at radius 1 is 1.17 bits per heavy atom. The van der Waals surface area contributed by atoms with E-state index < -0.39 is 0 Å². The van der Waals surface area contributed by atoms with Crippen molar-refractivity contribution >= 4 is 23.6 Å². The van der Waals surface area contributed by atoms with Gasteiger partial charge in [-0.25, -0.2) is 15.0 Å². The molecular weight excluding hydrogens is 378 g/mol. The van der Waals surface area contributed by atoms with Crippen molar-refractivity contribution in [2.24, 2.45) is 7.05 Å². The van der Waals surface area contributed by atoms with E-state index in [4.69, 9.17) is 4.98 Å².